The van der Waals surface area contributed by atoms with Crippen molar-refractivity contribution in [3.63, 3.8) is 0 Å². The van der Waals surface area contributed by atoms with Gasteiger partial charge in [0.2, 0.25) is 0 Å². The van der Waals surface area contributed by atoms with Crippen LogP contribution in [0.1, 0.15) is 45.0 Å². The molecule has 0 radical (unpaired) electrons. The number of nitrogens with zero attached hydrogens (tertiary/aromatic N) is 6. The number of likely N-dealkylation sites (tertiary alicyclic amines) is 1. The van der Waals surface area contributed by atoms with E-state index in [0.29, 0.717) is 5.92 Å². The first-order valence-electron chi connectivity index (χ1n) is 8.96. The molecule has 7 nitrogen and oxygen atoms in total. The molecule has 0 saturated carbocycles. The lowest BCUT2D eigenvalue weighted by atomic mass is 9.92. The minimum atomic E-state index is -0.0933. The van der Waals surface area contributed by atoms with Gasteiger partial charge < -0.3 is 0 Å². The molecule has 1 saturated heterocycles. The maximum atomic E-state index is 12.4. The van der Waals surface area contributed by atoms with Crippen LogP contribution in [-0.2, 0) is 25.6 Å². The van der Waals surface area contributed by atoms with Gasteiger partial charge in [0.1, 0.15) is 0 Å². The van der Waals surface area contributed by atoms with Crippen LogP contribution in [-0.4, -0.2) is 42.5 Å². The molecule has 1 fully saturated rings. The first kappa shape index (κ1) is 17.8. The predicted molar refractivity (Wildman–Crippen MR) is 96.2 cm³/mol. The van der Waals surface area contributed by atoms with Crippen molar-refractivity contribution >= 4 is 0 Å². The van der Waals surface area contributed by atoms with E-state index in [0.717, 1.165) is 50.4 Å². The lowest BCUT2D eigenvalue weighted by Gasteiger charge is -2.31. The van der Waals surface area contributed by atoms with Crippen LogP contribution in [0, 0.1) is 5.92 Å². The number of hydrogen-bond acceptors (Lipinski definition) is 5. The molecule has 0 spiro atoms. The maximum absolute atomic E-state index is 12.4. The Kier molecular flexibility index (Phi) is 5.03. The molecule has 136 valence electrons. The van der Waals surface area contributed by atoms with E-state index in [4.69, 9.17) is 0 Å². The molecule has 7 heteroatoms. The fourth-order valence-corrected chi connectivity index (χ4v) is 3.27. The van der Waals surface area contributed by atoms with Crippen LogP contribution in [0.2, 0.25) is 0 Å². The Morgan fingerprint density at radius 2 is 1.96 bits per heavy atom. The molecule has 1 aliphatic rings. The third kappa shape index (κ3) is 4.54. The molecule has 1 aliphatic heterocycles. The minimum Gasteiger partial charge on any atom is -0.299 e. The lowest BCUT2D eigenvalue weighted by Crippen LogP contribution is -2.36. The highest BCUT2D eigenvalue weighted by atomic mass is 16.1. The van der Waals surface area contributed by atoms with Gasteiger partial charge in [-0.15, -0.1) is 0 Å². The van der Waals surface area contributed by atoms with Crippen molar-refractivity contribution < 1.29 is 0 Å². The number of rotatable bonds is 4. The van der Waals surface area contributed by atoms with Gasteiger partial charge in [-0.3, -0.25) is 14.3 Å². The highest BCUT2D eigenvalue weighted by molar-refractivity contribution is 5.10. The second-order valence-electron chi connectivity index (χ2n) is 8.06. The van der Waals surface area contributed by atoms with Crippen LogP contribution in [0.15, 0.2) is 23.4 Å². The highest BCUT2D eigenvalue weighted by Gasteiger charge is 2.21. The Morgan fingerprint density at radius 1 is 1.24 bits per heavy atom. The molecule has 0 bridgehead atoms. The van der Waals surface area contributed by atoms with Crippen molar-refractivity contribution in [3.8, 4) is 0 Å². The minimum absolute atomic E-state index is 0.0573. The van der Waals surface area contributed by atoms with E-state index < -0.39 is 0 Å². The number of aryl methyl sites for hydroxylation is 1. The lowest BCUT2D eigenvalue weighted by molar-refractivity contribution is 0.164. The molecule has 0 amide bonds. The summed E-state index contributed by atoms with van der Waals surface area (Å²) in [7, 11) is 1.84. The van der Waals surface area contributed by atoms with Crippen LogP contribution < -0.4 is 5.56 Å². The zero-order valence-corrected chi connectivity index (χ0v) is 15.6. The first-order valence-corrected chi connectivity index (χ1v) is 8.96. The van der Waals surface area contributed by atoms with Gasteiger partial charge in [0.05, 0.1) is 23.9 Å². The predicted octanol–water partition coefficient (Wildman–Crippen LogP) is 1.58. The van der Waals surface area contributed by atoms with E-state index in [9.17, 15) is 4.79 Å². The van der Waals surface area contributed by atoms with Crippen molar-refractivity contribution in [1.29, 1.82) is 0 Å². The summed E-state index contributed by atoms with van der Waals surface area (Å²) in [5, 5.41) is 8.46. The molecule has 2 aromatic rings. The molecule has 0 aromatic carbocycles. The van der Waals surface area contributed by atoms with E-state index in [-0.39, 0.29) is 11.0 Å². The van der Waals surface area contributed by atoms with Crippen LogP contribution in [0.25, 0.3) is 0 Å². The zero-order chi connectivity index (χ0) is 18.0. The van der Waals surface area contributed by atoms with E-state index in [2.05, 4.69) is 40.9 Å². The summed E-state index contributed by atoms with van der Waals surface area (Å²) in [6.07, 6.45) is 5.73. The summed E-state index contributed by atoms with van der Waals surface area (Å²) in [4.78, 5) is 20.9. The second kappa shape index (κ2) is 7.07. The van der Waals surface area contributed by atoms with Crippen molar-refractivity contribution in [2.75, 3.05) is 13.1 Å². The number of aromatic nitrogens is 5. The molecule has 3 heterocycles. The summed E-state index contributed by atoms with van der Waals surface area (Å²) in [6, 6.07) is 1.68. The van der Waals surface area contributed by atoms with Gasteiger partial charge >= 0.3 is 0 Å². The second-order valence-corrected chi connectivity index (χ2v) is 8.06. The van der Waals surface area contributed by atoms with Crippen LogP contribution in [0.5, 0.6) is 0 Å². The Hall–Kier alpha value is -2.02. The van der Waals surface area contributed by atoms with Crippen molar-refractivity contribution in [2.45, 2.75) is 52.1 Å². The molecule has 25 heavy (non-hydrogen) atoms. The zero-order valence-electron chi connectivity index (χ0n) is 15.6. The Labute approximate surface area is 148 Å². The molecular weight excluding hydrogens is 316 g/mol. The largest absolute Gasteiger partial charge is 0.299 e. The van der Waals surface area contributed by atoms with Crippen LogP contribution in [0.3, 0.4) is 0 Å². The molecule has 0 atom stereocenters. The van der Waals surface area contributed by atoms with E-state index in [1.54, 1.807) is 21.8 Å². The van der Waals surface area contributed by atoms with Crippen LogP contribution in [0.4, 0.5) is 0 Å². The molecule has 3 rings (SSSR count). The van der Waals surface area contributed by atoms with E-state index in [1.807, 2.05) is 13.2 Å². The highest BCUT2D eigenvalue weighted by Crippen LogP contribution is 2.21. The number of hydrogen-bond donors (Lipinski definition) is 0. The monoisotopic (exact) mass is 344 g/mol. The average molecular weight is 344 g/mol. The average Bonchev–Trinajstić information content (AvgIpc) is 2.95. The molecule has 0 aliphatic carbocycles. The summed E-state index contributed by atoms with van der Waals surface area (Å²) in [5.41, 5.74) is 1.83. The topological polar surface area (TPSA) is 68.8 Å². The fraction of sp³-hybridized carbons (Fsp3) is 0.667. The van der Waals surface area contributed by atoms with Crippen molar-refractivity contribution in [2.24, 2.45) is 13.0 Å². The molecule has 0 N–H and O–H groups in total. The summed E-state index contributed by atoms with van der Waals surface area (Å²) in [6.45, 7) is 9.90. The molecular formula is C18H28N6O. The Balaban J connectivity index is 1.54. The summed E-state index contributed by atoms with van der Waals surface area (Å²) in [5.74, 6) is 0.526. The van der Waals surface area contributed by atoms with Crippen LogP contribution >= 0.6 is 0 Å². The van der Waals surface area contributed by atoms with Gasteiger partial charge in [-0.25, -0.2) is 4.98 Å². The smallest absolute Gasteiger partial charge is 0.253 e. The summed E-state index contributed by atoms with van der Waals surface area (Å²) < 4.78 is 1.76. The quantitative estimate of drug-likeness (QED) is 0.842. The van der Waals surface area contributed by atoms with Gasteiger partial charge in [0, 0.05) is 31.6 Å². The van der Waals surface area contributed by atoms with E-state index >= 15 is 0 Å². The number of piperidine rings is 1. The molecule has 0 unspecified atom stereocenters. The van der Waals surface area contributed by atoms with Gasteiger partial charge in [-0.2, -0.15) is 15.0 Å². The van der Waals surface area contributed by atoms with Crippen molar-refractivity contribution in [1.82, 2.24) is 29.4 Å². The van der Waals surface area contributed by atoms with Crippen molar-refractivity contribution in [3.05, 3.63) is 40.3 Å². The SMILES string of the molecule is Cn1ncc(CN2CCC(Cn3cnc(C(C)(C)C)cc3=O)CC2)n1. The first-order chi connectivity index (χ1) is 11.8. The third-order valence-corrected chi connectivity index (χ3v) is 4.84. The normalized spacial score (nSPS) is 17.1. The molecule has 2 aromatic heterocycles. The summed E-state index contributed by atoms with van der Waals surface area (Å²) >= 11 is 0. The van der Waals surface area contributed by atoms with Gasteiger partial charge in [-0.05, 0) is 31.8 Å². The maximum Gasteiger partial charge on any atom is 0.253 e. The fourth-order valence-electron chi connectivity index (χ4n) is 3.27. The van der Waals surface area contributed by atoms with Gasteiger partial charge in [0.15, 0.2) is 0 Å². The van der Waals surface area contributed by atoms with E-state index in [1.165, 1.54) is 0 Å². The Morgan fingerprint density at radius 3 is 2.52 bits per heavy atom. The van der Waals surface area contributed by atoms with Gasteiger partial charge in [-0.1, -0.05) is 20.8 Å². The Bertz CT molecular complexity index is 764. The third-order valence-electron chi connectivity index (χ3n) is 4.84. The van der Waals surface area contributed by atoms with Gasteiger partial charge in [0.25, 0.3) is 5.56 Å². The standard InChI is InChI=1S/C18H28N6O/c1-18(2,3)16-9-17(25)24(13-19-16)11-14-5-7-23(8-6-14)12-15-10-20-22(4)21-15/h9-10,13-14H,5-8,11-12H2,1-4H3.